The van der Waals surface area contributed by atoms with Crippen molar-refractivity contribution < 1.29 is 4.42 Å². The summed E-state index contributed by atoms with van der Waals surface area (Å²) in [6, 6.07) is 50.6. The Morgan fingerprint density at radius 1 is 0.568 bits per heavy atom. The van der Waals surface area contributed by atoms with Gasteiger partial charge in [-0.25, -0.2) is 0 Å². The second-order valence-corrected chi connectivity index (χ2v) is 13.7. The molecule has 44 heavy (non-hydrogen) atoms. The Balaban J connectivity index is 1.34. The molecule has 1 aliphatic carbocycles. The highest BCUT2D eigenvalue weighted by atomic mass is 32.2. The highest BCUT2D eigenvalue weighted by Crippen LogP contribution is 2.73. The molecule has 1 unspecified atom stereocenters. The molecular weight excluding hydrogens is 557 g/mol. The molecule has 0 N–H and O–H groups in total. The molecule has 3 aliphatic rings. The molecule has 3 nitrogen and oxygen atoms in total. The fraction of sp³-hybridized carbons (Fsp3) is 0.0500. The summed E-state index contributed by atoms with van der Waals surface area (Å²) in [7, 11) is -0.940. The maximum Gasteiger partial charge on any atom is 0.174 e. The fourth-order valence-electron chi connectivity index (χ4n) is 7.38. The number of furan rings is 1. The monoisotopic (exact) mass is 584 g/mol. The molecule has 7 aromatic rings. The zero-order valence-electron chi connectivity index (χ0n) is 23.9. The zero-order valence-corrected chi connectivity index (χ0v) is 24.8. The Hall–Kier alpha value is -5.19. The molecule has 0 bridgehead atoms. The third-order valence-electron chi connectivity index (χ3n) is 9.37. The van der Waals surface area contributed by atoms with E-state index in [0.717, 1.165) is 23.5 Å². The van der Waals surface area contributed by atoms with Crippen LogP contribution in [0.5, 0.6) is 0 Å². The first-order valence-corrected chi connectivity index (χ1v) is 16.6. The molecule has 0 radical (unpaired) electrons. The van der Waals surface area contributed by atoms with Gasteiger partial charge in [-0.15, -0.1) is 10.9 Å². The van der Waals surface area contributed by atoms with E-state index in [2.05, 4.69) is 149 Å². The molecule has 6 aromatic carbocycles. The Morgan fingerprint density at radius 3 is 2.09 bits per heavy atom. The number of benzene rings is 6. The van der Waals surface area contributed by atoms with E-state index in [0.29, 0.717) is 0 Å². The summed E-state index contributed by atoms with van der Waals surface area (Å²) in [4.78, 5) is 7.79. The van der Waals surface area contributed by atoms with E-state index >= 15 is 0 Å². The van der Waals surface area contributed by atoms with Crippen molar-refractivity contribution in [2.75, 3.05) is 9.80 Å². The number of fused-ring (bicyclic) bond motifs is 8. The minimum Gasteiger partial charge on any atom is -0.449 e. The number of hydrogen-bond donors (Lipinski definition) is 1. The van der Waals surface area contributed by atoms with Crippen LogP contribution in [0.25, 0.3) is 22.1 Å². The molecule has 0 spiro atoms. The predicted molar refractivity (Wildman–Crippen MR) is 182 cm³/mol. The van der Waals surface area contributed by atoms with Crippen molar-refractivity contribution in [1.82, 2.24) is 0 Å². The summed E-state index contributed by atoms with van der Waals surface area (Å²) >= 11 is 0. The first-order valence-electron chi connectivity index (χ1n) is 15.3. The summed E-state index contributed by atoms with van der Waals surface area (Å²) in [6.07, 6.45) is 2.20. The molecule has 0 amide bonds. The van der Waals surface area contributed by atoms with Crippen LogP contribution in [0, 0.1) is 0 Å². The molecule has 1 aromatic heterocycles. The first-order chi connectivity index (χ1) is 21.9. The van der Waals surface area contributed by atoms with Crippen molar-refractivity contribution in [3.05, 3.63) is 151 Å². The largest absolute Gasteiger partial charge is 0.449 e. The summed E-state index contributed by atoms with van der Waals surface area (Å²) < 4.78 is 6.94. The number of rotatable bonds is 3. The van der Waals surface area contributed by atoms with Gasteiger partial charge in [0.2, 0.25) is 0 Å². The summed E-state index contributed by atoms with van der Waals surface area (Å²) in [6.45, 7) is 0. The van der Waals surface area contributed by atoms with Gasteiger partial charge in [0.15, 0.2) is 5.09 Å². The van der Waals surface area contributed by atoms with E-state index in [-0.39, 0.29) is 0 Å². The lowest BCUT2D eigenvalue weighted by molar-refractivity contribution is 0.512. The first kappa shape index (κ1) is 24.3. The van der Waals surface area contributed by atoms with Crippen molar-refractivity contribution in [2.24, 2.45) is 0 Å². The summed E-state index contributed by atoms with van der Waals surface area (Å²) in [5, 5.41) is 2.26. The highest BCUT2D eigenvalue weighted by molar-refractivity contribution is 8.17. The van der Waals surface area contributed by atoms with Gasteiger partial charge in [0, 0.05) is 26.4 Å². The Morgan fingerprint density at radius 2 is 1.27 bits per heavy atom. The highest BCUT2D eigenvalue weighted by Gasteiger charge is 2.45. The Labute approximate surface area is 259 Å². The molecule has 1 atom stereocenters. The molecule has 2 aliphatic heterocycles. The van der Waals surface area contributed by atoms with Crippen LogP contribution in [0.1, 0.15) is 11.1 Å². The minimum atomic E-state index is -0.940. The van der Waals surface area contributed by atoms with Gasteiger partial charge in [0.25, 0.3) is 0 Å². The van der Waals surface area contributed by atoms with Gasteiger partial charge >= 0.3 is 0 Å². The van der Waals surface area contributed by atoms with E-state index in [1.807, 2.05) is 0 Å². The normalized spacial score (nSPS) is 16.5. The second-order valence-electron chi connectivity index (χ2n) is 11.7. The fourth-order valence-corrected chi connectivity index (χ4v) is 10.1. The average Bonchev–Trinajstić information content (AvgIpc) is 3.46. The van der Waals surface area contributed by atoms with Gasteiger partial charge in [-0.2, -0.15) is 0 Å². The molecule has 0 fully saturated rings. The molecule has 0 saturated carbocycles. The Bertz CT molecular complexity index is 2260. The van der Waals surface area contributed by atoms with Gasteiger partial charge in [-0.1, -0.05) is 91.0 Å². The van der Waals surface area contributed by atoms with Gasteiger partial charge < -0.3 is 14.2 Å². The van der Waals surface area contributed by atoms with E-state index in [9.17, 15) is 0 Å². The lowest BCUT2D eigenvalue weighted by Crippen LogP contribution is -2.27. The molecule has 3 heterocycles. The topological polar surface area (TPSA) is 19.6 Å². The van der Waals surface area contributed by atoms with Crippen LogP contribution < -0.4 is 9.80 Å². The standard InChI is InChI=1S/C40H28N2OS/c1-3-13-26(14-4-1)29-17-7-9-19-32(29)42-33-20-10-12-22-36(33)44-39-34(42)25-27-23-24-30(27)37(39)41(28-15-5-2-6-16-28)38-31-18-8-11-21-35(31)43-40(38)44/h1-22,25,44H,23-24H2. The van der Waals surface area contributed by atoms with Crippen molar-refractivity contribution in [3.8, 4) is 11.1 Å². The summed E-state index contributed by atoms with van der Waals surface area (Å²) in [5.74, 6) is 0. The van der Waals surface area contributed by atoms with Crippen molar-refractivity contribution in [1.29, 1.82) is 0 Å². The van der Waals surface area contributed by atoms with Crippen molar-refractivity contribution >= 4 is 56.0 Å². The molecular formula is C40H28N2OS. The lowest BCUT2D eigenvalue weighted by atomic mass is 9.85. The maximum absolute atomic E-state index is 6.94. The third-order valence-corrected chi connectivity index (χ3v) is 11.8. The predicted octanol–water partition coefficient (Wildman–Crippen LogP) is 11.2. The second kappa shape index (κ2) is 9.15. The van der Waals surface area contributed by atoms with Crippen LogP contribution in [0.15, 0.2) is 159 Å². The molecule has 10 rings (SSSR count). The average molecular weight is 585 g/mol. The SMILES string of the molecule is c1ccc(-c2ccccc2N2c3ccccc3[SH]3c4oc5ccccc5c4N(c4ccccc4)c4c5c(cc2c43)CC5)cc1. The van der Waals surface area contributed by atoms with Crippen molar-refractivity contribution in [3.63, 3.8) is 0 Å². The van der Waals surface area contributed by atoms with E-state index in [1.165, 1.54) is 71.6 Å². The van der Waals surface area contributed by atoms with Gasteiger partial charge in [-0.3, -0.25) is 0 Å². The number of para-hydroxylation sites is 4. The van der Waals surface area contributed by atoms with Crippen LogP contribution in [-0.2, 0) is 12.8 Å². The Kier molecular flexibility index (Phi) is 5.05. The third kappa shape index (κ3) is 3.23. The minimum absolute atomic E-state index is 0.940. The number of anilines is 6. The molecule has 210 valence electrons. The molecule has 0 saturated heterocycles. The van der Waals surface area contributed by atoms with Gasteiger partial charge in [0.1, 0.15) is 11.3 Å². The van der Waals surface area contributed by atoms with E-state index in [4.69, 9.17) is 4.42 Å². The maximum atomic E-state index is 6.94. The quantitative estimate of drug-likeness (QED) is 0.209. The number of nitrogens with zero attached hydrogens (tertiary/aromatic N) is 2. The van der Waals surface area contributed by atoms with Crippen molar-refractivity contribution in [2.45, 2.75) is 27.7 Å². The summed E-state index contributed by atoms with van der Waals surface area (Å²) in [5.41, 5.74) is 13.8. The van der Waals surface area contributed by atoms with Gasteiger partial charge in [-0.05, 0) is 78.1 Å². The molecule has 4 heteroatoms. The van der Waals surface area contributed by atoms with Gasteiger partial charge in [0.05, 0.1) is 22.7 Å². The van der Waals surface area contributed by atoms with Crippen LogP contribution in [0.3, 0.4) is 0 Å². The number of hydrogen-bond acceptors (Lipinski definition) is 3. The van der Waals surface area contributed by atoms with E-state index < -0.39 is 10.9 Å². The van der Waals surface area contributed by atoms with Crippen LogP contribution in [0.2, 0.25) is 0 Å². The number of aryl methyl sites for hydroxylation is 1. The van der Waals surface area contributed by atoms with Crippen LogP contribution in [-0.4, -0.2) is 0 Å². The smallest absolute Gasteiger partial charge is 0.174 e. The number of thiol groups is 1. The van der Waals surface area contributed by atoms with Crippen LogP contribution >= 0.6 is 10.9 Å². The van der Waals surface area contributed by atoms with E-state index in [1.54, 1.807) is 0 Å². The zero-order chi connectivity index (χ0) is 28.8. The lowest BCUT2D eigenvalue weighted by Gasteiger charge is -2.47. The van der Waals surface area contributed by atoms with Crippen LogP contribution in [0.4, 0.5) is 34.1 Å².